The molecule has 0 saturated heterocycles. The molecule has 4 N–H and O–H groups in total. The maximum Gasteiger partial charge on any atom is 0.266 e. The molecule has 0 saturated carbocycles. The fourth-order valence-electron chi connectivity index (χ4n) is 3.22. The van der Waals surface area contributed by atoms with Gasteiger partial charge in [-0.05, 0) is 85.8 Å². The van der Waals surface area contributed by atoms with Crippen LogP contribution in [-0.4, -0.2) is 33.6 Å². The maximum absolute atomic E-state index is 12.1. The number of rotatable bonds is 15. The molecular formula is C27H43N3O2S. The van der Waals surface area contributed by atoms with E-state index in [-0.39, 0.29) is 0 Å². The van der Waals surface area contributed by atoms with E-state index in [2.05, 4.69) is 69.2 Å². The summed E-state index contributed by atoms with van der Waals surface area (Å²) in [6.07, 6.45) is 14.5. The summed E-state index contributed by atoms with van der Waals surface area (Å²) in [5.41, 5.74) is 8.37. The third-order valence-electron chi connectivity index (χ3n) is 5.18. The van der Waals surface area contributed by atoms with Crippen molar-refractivity contribution in [3.05, 3.63) is 64.4 Å². The van der Waals surface area contributed by atoms with Gasteiger partial charge in [0.05, 0.1) is 0 Å². The summed E-state index contributed by atoms with van der Waals surface area (Å²) < 4.78 is 0. The molecule has 0 fully saturated rings. The summed E-state index contributed by atoms with van der Waals surface area (Å²) >= 11 is 1.68. The Kier molecular flexibility index (Phi) is 14.4. The van der Waals surface area contributed by atoms with Crippen molar-refractivity contribution in [2.75, 3.05) is 16.8 Å². The van der Waals surface area contributed by atoms with Gasteiger partial charge in [0.2, 0.25) is 0 Å². The van der Waals surface area contributed by atoms with Crippen LogP contribution >= 0.6 is 11.8 Å². The van der Waals surface area contributed by atoms with Gasteiger partial charge in [0.15, 0.2) is 0 Å². The fourth-order valence-corrected chi connectivity index (χ4v) is 4.18. The molecule has 0 radical (unpaired) electrons. The highest BCUT2D eigenvalue weighted by atomic mass is 32.2. The Morgan fingerprint density at radius 2 is 1.73 bits per heavy atom. The third kappa shape index (κ3) is 13.9. The molecule has 1 heterocycles. The summed E-state index contributed by atoms with van der Waals surface area (Å²) in [5, 5.41) is 12.3. The van der Waals surface area contributed by atoms with E-state index in [0.29, 0.717) is 5.75 Å². The molecule has 6 heteroatoms. The van der Waals surface area contributed by atoms with Crippen molar-refractivity contribution in [1.82, 2.24) is 10.5 Å². The Balaban J connectivity index is 2.62. The predicted octanol–water partition coefficient (Wildman–Crippen LogP) is 7.10. The lowest BCUT2D eigenvalue weighted by Crippen LogP contribution is -2.40. The van der Waals surface area contributed by atoms with Crippen molar-refractivity contribution in [2.24, 2.45) is 0 Å². The van der Waals surface area contributed by atoms with E-state index in [9.17, 15) is 4.79 Å². The first kappa shape index (κ1) is 28.9. The molecule has 184 valence electrons. The van der Waals surface area contributed by atoms with Gasteiger partial charge in [0.25, 0.3) is 5.91 Å². The van der Waals surface area contributed by atoms with Gasteiger partial charge in [-0.25, -0.2) is 5.48 Å². The number of aromatic amines is 1. The number of nitrogens with one attached hydrogen (secondary N) is 3. The van der Waals surface area contributed by atoms with Crippen LogP contribution in [0.25, 0.3) is 0 Å². The number of allylic oxidation sites excluding steroid dienone is 7. The number of hydroxylamine groups is 1. The summed E-state index contributed by atoms with van der Waals surface area (Å²) in [7, 11) is 0. The number of aromatic nitrogens is 1. The second kappa shape index (κ2) is 16.4. The van der Waals surface area contributed by atoms with E-state index in [1.54, 1.807) is 17.2 Å². The quantitative estimate of drug-likeness (QED) is 0.0948. The highest BCUT2D eigenvalue weighted by molar-refractivity contribution is 7.99. The van der Waals surface area contributed by atoms with Gasteiger partial charge in [-0.15, -0.1) is 0 Å². The Bertz CT molecular complexity index is 841. The molecule has 0 aliphatic carbocycles. The van der Waals surface area contributed by atoms with Gasteiger partial charge < -0.3 is 10.3 Å². The van der Waals surface area contributed by atoms with Gasteiger partial charge in [-0.2, -0.15) is 11.8 Å². The lowest BCUT2D eigenvalue weighted by molar-refractivity contribution is -0.129. The summed E-state index contributed by atoms with van der Waals surface area (Å²) in [5.74, 6) is 1.72. The lowest BCUT2D eigenvalue weighted by atomic mass is 10.0. The number of carbonyl (C=O) groups excluding carboxylic acids is 1. The lowest BCUT2D eigenvalue weighted by Gasteiger charge is -2.16. The van der Waals surface area contributed by atoms with E-state index in [1.165, 1.54) is 22.3 Å². The van der Waals surface area contributed by atoms with Gasteiger partial charge in [-0.3, -0.25) is 10.0 Å². The van der Waals surface area contributed by atoms with Crippen LogP contribution in [0, 0.1) is 6.92 Å². The van der Waals surface area contributed by atoms with Crippen molar-refractivity contribution in [2.45, 2.75) is 79.7 Å². The number of amides is 1. The van der Waals surface area contributed by atoms with Crippen LogP contribution in [0.5, 0.6) is 0 Å². The minimum absolute atomic E-state index is 0.433. The topological polar surface area (TPSA) is 77.2 Å². The van der Waals surface area contributed by atoms with Gasteiger partial charge >= 0.3 is 0 Å². The summed E-state index contributed by atoms with van der Waals surface area (Å²) in [4.78, 5) is 15.2. The minimum atomic E-state index is -0.515. The second-order valence-electron chi connectivity index (χ2n) is 9.02. The number of aryl methyl sites for hydroxylation is 1. The smallest absolute Gasteiger partial charge is 0.266 e. The summed E-state index contributed by atoms with van der Waals surface area (Å²) in [6, 6.07) is 3.32. The van der Waals surface area contributed by atoms with E-state index in [0.717, 1.165) is 49.4 Å². The van der Waals surface area contributed by atoms with Crippen LogP contribution in [0.3, 0.4) is 0 Å². The van der Waals surface area contributed by atoms with Crippen LogP contribution in [0.1, 0.15) is 72.4 Å². The Labute approximate surface area is 204 Å². The minimum Gasteiger partial charge on any atom is -0.359 e. The van der Waals surface area contributed by atoms with E-state index < -0.39 is 11.9 Å². The molecule has 33 heavy (non-hydrogen) atoms. The molecule has 1 aromatic heterocycles. The first-order valence-corrected chi connectivity index (χ1v) is 12.9. The van der Waals surface area contributed by atoms with Crippen LogP contribution in [0.2, 0.25) is 0 Å². The molecule has 1 amide bonds. The zero-order chi connectivity index (χ0) is 24.6. The Morgan fingerprint density at radius 1 is 1.03 bits per heavy atom. The number of hydrogen-bond donors (Lipinski definition) is 4. The van der Waals surface area contributed by atoms with Crippen molar-refractivity contribution in [3.63, 3.8) is 0 Å². The number of H-pyrrole nitrogens is 1. The molecular weight excluding hydrogens is 430 g/mol. The zero-order valence-corrected chi connectivity index (χ0v) is 22.1. The van der Waals surface area contributed by atoms with E-state index in [4.69, 9.17) is 5.21 Å². The molecule has 1 unspecified atom stereocenters. The fraction of sp³-hybridized carbons (Fsp3) is 0.519. The van der Waals surface area contributed by atoms with Gasteiger partial charge in [0.1, 0.15) is 11.9 Å². The molecule has 0 bridgehead atoms. The SMILES string of the molecule is CC(C)=CCC/C(C)=C/CC/C(=C/CSCC(Nc1ccc(C)[nH]1)C(=O)NO)CC=C(C)C. The van der Waals surface area contributed by atoms with E-state index >= 15 is 0 Å². The Morgan fingerprint density at radius 3 is 2.33 bits per heavy atom. The molecule has 5 nitrogen and oxygen atoms in total. The monoisotopic (exact) mass is 473 g/mol. The molecule has 1 rings (SSSR count). The molecule has 0 spiro atoms. The van der Waals surface area contributed by atoms with Gasteiger partial charge in [0, 0.05) is 17.2 Å². The van der Waals surface area contributed by atoms with Crippen LogP contribution < -0.4 is 10.8 Å². The molecule has 1 atom stereocenters. The normalized spacial score (nSPS) is 12.8. The largest absolute Gasteiger partial charge is 0.359 e. The molecule has 0 aliphatic rings. The first-order chi connectivity index (χ1) is 15.7. The average Bonchev–Trinajstić information content (AvgIpc) is 3.17. The standard InChI is InChI=1S/C27H43N3O2S/c1-20(2)9-7-10-22(5)11-8-12-24(15-13-21(3)4)17-18-33-19-25(27(31)30-32)29-26-16-14-23(6)28-26/h9,11,13-14,16-17,25,28-29,32H,7-8,10,12,15,18-19H2,1-6H3,(H,30,31)/b22-11+,24-17-. The Hall–Kier alpha value is -2.18. The van der Waals surface area contributed by atoms with Crippen LogP contribution in [0.15, 0.2) is 58.7 Å². The second-order valence-corrected chi connectivity index (χ2v) is 10.1. The van der Waals surface area contributed by atoms with Crippen LogP contribution in [-0.2, 0) is 4.79 Å². The van der Waals surface area contributed by atoms with E-state index in [1.807, 2.05) is 19.1 Å². The van der Waals surface area contributed by atoms with Crippen molar-refractivity contribution in [3.8, 4) is 0 Å². The predicted molar refractivity (Wildman–Crippen MR) is 144 cm³/mol. The van der Waals surface area contributed by atoms with Crippen molar-refractivity contribution >= 4 is 23.5 Å². The number of carbonyl (C=O) groups is 1. The summed E-state index contributed by atoms with van der Waals surface area (Å²) in [6.45, 7) is 12.7. The molecule has 1 aromatic rings. The van der Waals surface area contributed by atoms with Crippen molar-refractivity contribution < 1.29 is 10.0 Å². The number of hydrogen-bond acceptors (Lipinski definition) is 4. The van der Waals surface area contributed by atoms with Gasteiger partial charge in [-0.1, -0.05) is 46.6 Å². The maximum atomic E-state index is 12.1. The molecule has 0 aliphatic heterocycles. The highest BCUT2D eigenvalue weighted by Crippen LogP contribution is 2.18. The number of thioether (sulfide) groups is 1. The van der Waals surface area contributed by atoms with Crippen molar-refractivity contribution in [1.29, 1.82) is 0 Å². The number of anilines is 1. The first-order valence-electron chi connectivity index (χ1n) is 11.7. The highest BCUT2D eigenvalue weighted by Gasteiger charge is 2.18. The third-order valence-corrected chi connectivity index (χ3v) is 6.16. The molecule has 0 aromatic carbocycles. The van der Waals surface area contributed by atoms with Crippen LogP contribution in [0.4, 0.5) is 5.82 Å². The average molecular weight is 474 g/mol. The zero-order valence-electron chi connectivity index (χ0n) is 21.3.